The second-order valence-electron chi connectivity index (χ2n) is 7.10. The third-order valence-electron chi connectivity index (χ3n) is 5.64. The normalized spacial score (nSPS) is 23.7. The molecule has 0 saturated carbocycles. The van der Waals surface area contributed by atoms with Crippen LogP contribution in [0.15, 0.2) is 24.3 Å². The maximum absolute atomic E-state index is 12.6. The largest absolute Gasteiger partial charge is 0.343 e. The maximum atomic E-state index is 12.6. The van der Waals surface area contributed by atoms with Crippen LogP contribution < -0.4 is 5.32 Å². The molecule has 1 N–H and O–H groups in total. The number of carbonyl (C=O) groups is 2. The first-order valence-electron chi connectivity index (χ1n) is 8.84. The van der Waals surface area contributed by atoms with Crippen LogP contribution >= 0.6 is 0 Å². The highest BCUT2D eigenvalue weighted by molar-refractivity contribution is 5.75. The highest BCUT2D eigenvalue weighted by atomic mass is 16.2. The van der Waals surface area contributed by atoms with Crippen molar-refractivity contribution in [2.24, 2.45) is 0 Å². The molecule has 1 aromatic rings. The number of urea groups is 1. The van der Waals surface area contributed by atoms with Crippen molar-refractivity contribution in [2.75, 3.05) is 20.1 Å². The first-order valence-corrected chi connectivity index (χ1v) is 8.84. The topological polar surface area (TPSA) is 52.7 Å². The van der Waals surface area contributed by atoms with Gasteiger partial charge in [0.2, 0.25) is 5.91 Å². The van der Waals surface area contributed by atoms with Crippen molar-refractivity contribution in [2.45, 2.75) is 51.1 Å². The Kier molecular flexibility index (Phi) is 4.78. The summed E-state index contributed by atoms with van der Waals surface area (Å²) < 4.78 is 0. The Bertz CT molecular complexity index is 623. The number of benzene rings is 1. The molecule has 1 fully saturated rings. The van der Waals surface area contributed by atoms with Crippen molar-refractivity contribution < 1.29 is 9.59 Å². The minimum atomic E-state index is 0.000862. The number of likely N-dealkylation sites (tertiary alicyclic amines) is 1. The molecule has 0 bridgehead atoms. The lowest BCUT2D eigenvalue weighted by atomic mass is 10.00. The van der Waals surface area contributed by atoms with E-state index < -0.39 is 0 Å². The van der Waals surface area contributed by atoms with Gasteiger partial charge in [0.1, 0.15) is 0 Å². The zero-order valence-electron chi connectivity index (χ0n) is 14.8. The van der Waals surface area contributed by atoms with Crippen molar-refractivity contribution in [3.63, 3.8) is 0 Å². The molecular formula is C19H27N3O2. The fourth-order valence-corrected chi connectivity index (χ4v) is 4.01. The van der Waals surface area contributed by atoms with Crippen LogP contribution in [0.2, 0.25) is 0 Å². The van der Waals surface area contributed by atoms with E-state index in [-0.39, 0.29) is 24.0 Å². The Hall–Kier alpha value is -2.04. The van der Waals surface area contributed by atoms with E-state index in [0.29, 0.717) is 5.92 Å². The standard InChI is InChI=1S/C19H27N3O2/c1-13-17-7-5-4-6-15(17)12-18(13)21(3)19(24)20-16-8-10-22(11-9-16)14(2)23/h4-7,13,16,18H,8-12H2,1-3H3,(H,20,24). The van der Waals surface area contributed by atoms with E-state index in [9.17, 15) is 9.59 Å². The van der Waals surface area contributed by atoms with Crippen molar-refractivity contribution in [3.8, 4) is 0 Å². The number of hydrogen-bond acceptors (Lipinski definition) is 2. The van der Waals surface area contributed by atoms with E-state index in [1.807, 2.05) is 16.8 Å². The van der Waals surface area contributed by atoms with Gasteiger partial charge >= 0.3 is 6.03 Å². The van der Waals surface area contributed by atoms with Gasteiger partial charge in [-0.2, -0.15) is 0 Å². The number of nitrogens with zero attached hydrogens (tertiary/aromatic N) is 2. The summed E-state index contributed by atoms with van der Waals surface area (Å²) in [5, 5.41) is 3.15. The molecule has 24 heavy (non-hydrogen) atoms. The fraction of sp³-hybridized carbons (Fsp3) is 0.579. The molecule has 0 aromatic heterocycles. The Morgan fingerprint density at radius 1 is 1.21 bits per heavy atom. The number of likely N-dealkylation sites (N-methyl/N-ethyl adjacent to an activating group) is 1. The summed E-state index contributed by atoms with van der Waals surface area (Å²) in [6.07, 6.45) is 2.59. The van der Waals surface area contributed by atoms with Gasteiger partial charge in [-0.15, -0.1) is 0 Å². The Labute approximate surface area is 144 Å². The Balaban J connectivity index is 1.56. The average molecular weight is 329 g/mol. The third kappa shape index (κ3) is 3.25. The van der Waals surface area contributed by atoms with Crippen LogP contribution in [0.1, 0.15) is 43.7 Å². The van der Waals surface area contributed by atoms with E-state index in [1.165, 1.54) is 11.1 Å². The van der Waals surface area contributed by atoms with Gasteiger partial charge in [-0.1, -0.05) is 31.2 Å². The van der Waals surface area contributed by atoms with Crippen LogP contribution in [0.5, 0.6) is 0 Å². The number of nitrogens with one attached hydrogen (secondary N) is 1. The van der Waals surface area contributed by atoms with Crippen LogP contribution in [-0.4, -0.2) is 54.0 Å². The van der Waals surface area contributed by atoms with Gasteiger partial charge in [0.25, 0.3) is 0 Å². The summed E-state index contributed by atoms with van der Waals surface area (Å²) in [5.41, 5.74) is 2.71. The summed E-state index contributed by atoms with van der Waals surface area (Å²) in [7, 11) is 1.90. The molecule has 2 atom stereocenters. The van der Waals surface area contributed by atoms with Crippen molar-refractivity contribution in [3.05, 3.63) is 35.4 Å². The van der Waals surface area contributed by atoms with Gasteiger partial charge in [-0.25, -0.2) is 4.79 Å². The molecular weight excluding hydrogens is 302 g/mol. The lowest BCUT2D eigenvalue weighted by molar-refractivity contribution is -0.129. The average Bonchev–Trinajstić information content (AvgIpc) is 2.92. The van der Waals surface area contributed by atoms with E-state index in [2.05, 4.69) is 36.5 Å². The van der Waals surface area contributed by atoms with Crippen LogP contribution in [0.4, 0.5) is 4.79 Å². The molecule has 1 aliphatic carbocycles. The quantitative estimate of drug-likeness (QED) is 0.906. The van der Waals surface area contributed by atoms with E-state index in [0.717, 1.165) is 32.4 Å². The van der Waals surface area contributed by atoms with Gasteiger partial charge in [-0.3, -0.25) is 4.79 Å². The Morgan fingerprint density at radius 3 is 2.50 bits per heavy atom. The molecule has 1 heterocycles. The van der Waals surface area contributed by atoms with Crippen LogP contribution in [-0.2, 0) is 11.2 Å². The SMILES string of the molecule is CC(=O)N1CCC(NC(=O)N(C)C2Cc3ccccc3C2C)CC1. The van der Waals surface area contributed by atoms with Crippen LogP contribution in [0.3, 0.4) is 0 Å². The molecule has 3 amide bonds. The molecule has 1 aliphatic heterocycles. The fourth-order valence-electron chi connectivity index (χ4n) is 4.01. The summed E-state index contributed by atoms with van der Waals surface area (Å²) in [4.78, 5) is 27.7. The molecule has 3 rings (SSSR count). The van der Waals surface area contributed by atoms with Gasteiger partial charge in [0.15, 0.2) is 0 Å². The maximum Gasteiger partial charge on any atom is 0.317 e. The number of fused-ring (bicyclic) bond motifs is 1. The molecule has 1 saturated heterocycles. The van der Waals surface area contributed by atoms with Gasteiger partial charge in [-0.05, 0) is 30.4 Å². The number of amides is 3. The van der Waals surface area contributed by atoms with Gasteiger partial charge in [0, 0.05) is 45.1 Å². The minimum Gasteiger partial charge on any atom is -0.343 e. The summed E-state index contributed by atoms with van der Waals surface area (Å²) in [6.45, 7) is 5.27. The predicted octanol–water partition coefficient (Wildman–Crippen LogP) is 2.37. The van der Waals surface area contributed by atoms with Crippen molar-refractivity contribution in [1.82, 2.24) is 15.1 Å². The monoisotopic (exact) mass is 329 g/mol. The molecule has 0 spiro atoms. The lowest BCUT2D eigenvalue weighted by Gasteiger charge is -2.34. The van der Waals surface area contributed by atoms with Crippen molar-refractivity contribution >= 4 is 11.9 Å². The first kappa shape index (κ1) is 16.8. The number of rotatable bonds is 2. The number of carbonyl (C=O) groups excluding carboxylic acids is 2. The summed E-state index contributed by atoms with van der Waals surface area (Å²) >= 11 is 0. The lowest BCUT2D eigenvalue weighted by Crippen LogP contribution is -2.51. The van der Waals surface area contributed by atoms with E-state index >= 15 is 0 Å². The van der Waals surface area contributed by atoms with E-state index in [1.54, 1.807) is 6.92 Å². The molecule has 2 aliphatic rings. The molecule has 0 radical (unpaired) electrons. The molecule has 2 unspecified atom stereocenters. The zero-order valence-corrected chi connectivity index (χ0v) is 14.8. The second-order valence-corrected chi connectivity index (χ2v) is 7.10. The molecule has 5 heteroatoms. The Morgan fingerprint density at radius 2 is 1.88 bits per heavy atom. The summed E-state index contributed by atoms with van der Waals surface area (Å²) in [5.74, 6) is 0.478. The van der Waals surface area contributed by atoms with Gasteiger partial charge < -0.3 is 15.1 Å². The predicted molar refractivity (Wildman–Crippen MR) is 93.9 cm³/mol. The first-order chi connectivity index (χ1) is 11.5. The van der Waals surface area contributed by atoms with Crippen molar-refractivity contribution in [1.29, 1.82) is 0 Å². The highest BCUT2D eigenvalue weighted by Gasteiger charge is 2.34. The smallest absolute Gasteiger partial charge is 0.317 e. The third-order valence-corrected chi connectivity index (χ3v) is 5.64. The molecule has 130 valence electrons. The molecule has 1 aromatic carbocycles. The van der Waals surface area contributed by atoms with Crippen LogP contribution in [0.25, 0.3) is 0 Å². The van der Waals surface area contributed by atoms with E-state index in [4.69, 9.17) is 0 Å². The molecule has 5 nitrogen and oxygen atoms in total. The minimum absolute atomic E-state index is 0.000862. The number of piperidine rings is 1. The van der Waals surface area contributed by atoms with Gasteiger partial charge in [0.05, 0.1) is 0 Å². The van der Waals surface area contributed by atoms with Crippen LogP contribution in [0, 0.1) is 0 Å². The second kappa shape index (κ2) is 6.83. The highest BCUT2D eigenvalue weighted by Crippen LogP contribution is 2.35. The zero-order chi connectivity index (χ0) is 17.3. The summed E-state index contributed by atoms with van der Waals surface area (Å²) in [6, 6.07) is 8.84. The number of hydrogen-bond donors (Lipinski definition) is 1.